The van der Waals surface area contributed by atoms with Crippen molar-refractivity contribution in [2.24, 2.45) is 0 Å². The standard InChI is InChI=1S/C21H22N4O3S.ClH/c1-23(2)14-5-15-24(21-22-18-6-3-4-7-19(18)29-21)20(26)13-10-16-8-11-17(12-9-16)25(27)28;/h3-4,6-13H,5,14-15H2,1-2H3;1H/b13-10+;. The van der Waals surface area contributed by atoms with Crippen molar-refractivity contribution in [1.82, 2.24) is 9.88 Å². The Labute approximate surface area is 185 Å². The number of aromatic nitrogens is 1. The summed E-state index contributed by atoms with van der Waals surface area (Å²) in [5.74, 6) is -0.166. The van der Waals surface area contributed by atoms with E-state index >= 15 is 0 Å². The maximum atomic E-state index is 12.9. The van der Waals surface area contributed by atoms with Gasteiger partial charge in [-0.05, 0) is 63.0 Å². The van der Waals surface area contributed by atoms with Gasteiger partial charge in [-0.1, -0.05) is 23.5 Å². The van der Waals surface area contributed by atoms with Crippen LogP contribution in [0.4, 0.5) is 10.8 Å². The van der Waals surface area contributed by atoms with Gasteiger partial charge >= 0.3 is 0 Å². The second-order valence-electron chi connectivity index (χ2n) is 6.79. The predicted molar refractivity (Wildman–Crippen MR) is 125 cm³/mol. The molecule has 158 valence electrons. The molecule has 30 heavy (non-hydrogen) atoms. The number of nitro groups is 1. The molecule has 7 nitrogen and oxygen atoms in total. The van der Waals surface area contributed by atoms with Gasteiger partial charge in [-0.3, -0.25) is 19.8 Å². The van der Waals surface area contributed by atoms with E-state index in [1.165, 1.54) is 29.5 Å². The predicted octanol–water partition coefficient (Wildman–Crippen LogP) is 4.62. The number of carbonyl (C=O) groups is 1. The molecule has 1 amide bonds. The van der Waals surface area contributed by atoms with Crippen molar-refractivity contribution in [1.29, 1.82) is 0 Å². The number of carbonyl (C=O) groups excluding carboxylic acids is 1. The number of halogens is 1. The van der Waals surface area contributed by atoms with Crippen molar-refractivity contribution >= 4 is 56.8 Å². The SMILES string of the molecule is CN(C)CCCN(C(=O)/C=C/c1ccc([N+](=O)[O-])cc1)c1nc2ccccc2s1.Cl. The number of thiazole rings is 1. The first-order chi connectivity index (χ1) is 13.9. The lowest BCUT2D eigenvalue weighted by atomic mass is 10.2. The summed E-state index contributed by atoms with van der Waals surface area (Å²) in [6.45, 7) is 1.42. The lowest BCUT2D eigenvalue weighted by Gasteiger charge is -2.19. The number of non-ortho nitro benzene ring substituents is 1. The van der Waals surface area contributed by atoms with Crippen LogP contribution in [-0.2, 0) is 4.79 Å². The molecule has 0 atom stereocenters. The Morgan fingerprint density at radius 3 is 2.47 bits per heavy atom. The van der Waals surface area contributed by atoms with E-state index in [1.54, 1.807) is 23.1 Å². The molecule has 0 aliphatic heterocycles. The molecular formula is C21H23ClN4O3S. The van der Waals surface area contributed by atoms with Gasteiger partial charge in [0.05, 0.1) is 15.1 Å². The molecule has 0 aliphatic carbocycles. The van der Waals surface area contributed by atoms with Gasteiger partial charge in [0.2, 0.25) is 0 Å². The van der Waals surface area contributed by atoms with Crippen LogP contribution >= 0.6 is 23.7 Å². The normalized spacial score (nSPS) is 11.0. The van der Waals surface area contributed by atoms with Crippen molar-refractivity contribution in [2.45, 2.75) is 6.42 Å². The van der Waals surface area contributed by atoms with Crippen LogP contribution in [0.15, 0.2) is 54.6 Å². The van der Waals surface area contributed by atoms with Crippen LogP contribution in [0.3, 0.4) is 0 Å². The van der Waals surface area contributed by atoms with Gasteiger partial charge in [0, 0.05) is 24.8 Å². The number of nitrogens with zero attached hydrogens (tertiary/aromatic N) is 4. The minimum Gasteiger partial charge on any atom is -0.309 e. The summed E-state index contributed by atoms with van der Waals surface area (Å²) >= 11 is 1.49. The number of nitro benzene ring substituents is 1. The number of anilines is 1. The summed E-state index contributed by atoms with van der Waals surface area (Å²) in [4.78, 5) is 31.6. The fourth-order valence-electron chi connectivity index (χ4n) is 2.79. The Bertz CT molecular complexity index is 1000. The van der Waals surface area contributed by atoms with Crippen LogP contribution in [0.25, 0.3) is 16.3 Å². The summed E-state index contributed by atoms with van der Waals surface area (Å²) < 4.78 is 1.03. The zero-order valence-corrected chi connectivity index (χ0v) is 18.4. The molecule has 0 saturated heterocycles. The zero-order valence-electron chi connectivity index (χ0n) is 16.7. The fraction of sp³-hybridized carbons (Fsp3) is 0.238. The molecule has 0 spiro atoms. The van der Waals surface area contributed by atoms with Crippen LogP contribution in [0.1, 0.15) is 12.0 Å². The molecule has 1 aromatic heterocycles. The van der Waals surface area contributed by atoms with Crippen molar-refractivity contribution in [2.75, 3.05) is 32.1 Å². The molecule has 9 heteroatoms. The van der Waals surface area contributed by atoms with Crippen LogP contribution in [0.2, 0.25) is 0 Å². The third-order valence-electron chi connectivity index (χ3n) is 4.29. The minimum atomic E-state index is -0.446. The van der Waals surface area contributed by atoms with Gasteiger partial charge in [0.15, 0.2) is 5.13 Å². The number of hydrogen-bond acceptors (Lipinski definition) is 6. The van der Waals surface area contributed by atoms with Gasteiger partial charge in [-0.15, -0.1) is 12.4 Å². The molecule has 0 aliphatic rings. The van der Waals surface area contributed by atoms with Gasteiger partial charge in [-0.2, -0.15) is 0 Å². The number of amides is 1. The minimum absolute atomic E-state index is 0. The third kappa shape index (κ3) is 6.09. The van der Waals surface area contributed by atoms with Gasteiger partial charge < -0.3 is 4.90 Å². The van der Waals surface area contributed by atoms with E-state index in [0.29, 0.717) is 11.7 Å². The Morgan fingerprint density at radius 1 is 1.13 bits per heavy atom. The molecule has 1 heterocycles. The number of para-hydroxylation sites is 1. The highest BCUT2D eigenvalue weighted by atomic mass is 35.5. The number of fused-ring (bicyclic) bond motifs is 1. The van der Waals surface area contributed by atoms with Gasteiger partial charge in [0.1, 0.15) is 0 Å². The van der Waals surface area contributed by atoms with E-state index in [-0.39, 0.29) is 24.0 Å². The third-order valence-corrected chi connectivity index (χ3v) is 5.35. The van der Waals surface area contributed by atoms with Crippen molar-refractivity contribution in [3.63, 3.8) is 0 Å². The van der Waals surface area contributed by atoms with Crippen LogP contribution in [0.5, 0.6) is 0 Å². The molecule has 0 radical (unpaired) electrons. The molecule has 3 rings (SSSR count). The number of benzene rings is 2. The molecule has 0 bridgehead atoms. The van der Waals surface area contributed by atoms with Crippen LogP contribution in [0, 0.1) is 10.1 Å². The summed E-state index contributed by atoms with van der Waals surface area (Å²) in [6.07, 6.45) is 3.97. The highest BCUT2D eigenvalue weighted by molar-refractivity contribution is 7.22. The molecule has 0 unspecified atom stereocenters. The van der Waals surface area contributed by atoms with Crippen molar-refractivity contribution in [3.05, 3.63) is 70.3 Å². The first-order valence-corrected chi connectivity index (χ1v) is 10.00. The average Bonchev–Trinajstić information content (AvgIpc) is 3.13. The average molecular weight is 447 g/mol. The maximum absolute atomic E-state index is 12.9. The molecular weight excluding hydrogens is 424 g/mol. The topological polar surface area (TPSA) is 79.6 Å². The van der Waals surface area contributed by atoms with Crippen LogP contribution in [-0.4, -0.2) is 47.9 Å². The number of hydrogen-bond donors (Lipinski definition) is 0. The lowest BCUT2D eigenvalue weighted by Crippen LogP contribution is -2.32. The largest absolute Gasteiger partial charge is 0.309 e. The molecule has 3 aromatic rings. The smallest absolute Gasteiger partial charge is 0.269 e. The monoisotopic (exact) mass is 446 g/mol. The zero-order chi connectivity index (χ0) is 20.8. The highest BCUT2D eigenvalue weighted by Crippen LogP contribution is 2.29. The summed E-state index contributed by atoms with van der Waals surface area (Å²) in [5, 5.41) is 11.4. The van der Waals surface area contributed by atoms with E-state index in [1.807, 2.05) is 38.4 Å². The van der Waals surface area contributed by atoms with Gasteiger partial charge in [-0.25, -0.2) is 4.98 Å². The second-order valence-corrected chi connectivity index (χ2v) is 7.80. The Balaban J connectivity index is 0.00000320. The van der Waals surface area contributed by atoms with Gasteiger partial charge in [0.25, 0.3) is 11.6 Å². The number of rotatable bonds is 8. The molecule has 2 aromatic carbocycles. The van der Waals surface area contributed by atoms with E-state index < -0.39 is 4.92 Å². The fourth-order valence-corrected chi connectivity index (χ4v) is 3.78. The van der Waals surface area contributed by atoms with Crippen molar-refractivity contribution < 1.29 is 9.72 Å². The van der Waals surface area contributed by atoms with Crippen LogP contribution < -0.4 is 4.90 Å². The van der Waals surface area contributed by atoms with Crippen molar-refractivity contribution in [3.8, 4) is 0 Å². The molecule has 0 N–H and O–H groups in total. The Hall–Kier alpha value is -2.81. The van der Waals surface area contributed by atoms with E-state index in [0.717, 1.165) is 28.7 Å². The lowest BCUT2D eigenvalue weighted by molar-refractivity contribution is -0.384. The quantitative estimate of drug-likeness (QED) is 0.286. The second kappa shape index (κ2) is 10.8. The first-order valence-electron chi connectivity index (χ1n) is 9.18. The Kier molecular flexibility index (Phi) is 8.46. The molecule has 0 fully saturated rings. The summed E-state index contributed by atoms with van der Waals surface area (Å²) in [5.41, 5.74) is 1.62. The molecule has 0 saturated carbocycles. The summed E-state index contributed by atoms with van der Waals surface area (Å²) in [7, 11) is 4.00. The Morgan fingerprint density at radius 2 is 1.83 bits per heavy atom. The highest BCUT2D eigenvalue weighted by Gasteiger charge is 2.17. The maximum Gasteiger partial charge on any atom is 0.269 e. The van der Waals surface area contributed by atoms with E-state index in [9.17, 15) is 14.9 Å². The van der Waals surface area contributed by atoms with E-state index in [2.05, 4.69) is 9.88 Å². The summed E-state index contributed by atoms with van der Waals surface area (Å²) in [6, 6.07) is 13.9. The first kappa shape index (κ1) is 23.5. The van der Waals surface area contributed by atoms with E-state index in [4.69, 9.17) is 0 Å².